The predicted octanol–water partition coefficient (Wildman–Crippen LogP) is 4.56. The maximum Gasteiger partial charge on any atom is 0.524 e. The van der Waals surface area contributed by atoms with Crippen LogP contribution in [0.15, 0.2) is 77.9 Å². The molecule has 0 bridgehead atoms. The molecule has 0 spiro atoms. The topological polar surface area (TPSA) is 144 Å². The van der Waals surface area contributed by atoms with E-state index >= 15 is 0 Å². The maximum absolute atomic E-state index is 12.2. The first-order valence-electron chi connectivity index (χ1n) is 11.3. The lowest BCUT2D eigenvalue weighted by Gasteiger charge is -2.21. The molecule has 2 aromatic heterocycles. The van der Waals surface area contributed by atoms with Crippen molar-refractivity contribution in [2.75, 3.05) is 7.11 Å². The highest BCUT2D eigenvalue weighted by molar-refractivity contribution is 7.46. The van der Waals surface area contributed by atoms with Crippen LogP contribution in [0.3, 0.4) is 0 Å². The molecule has 0 saturated carbocycles. The van der Waals surface area contributed by atoms with Crippen LogP contribution >= 0.6 is 19.4 Å². The molecule has 0 aliphatic heterocycles. The van der Waals surface area contributed by atoms with E-state index in [0.717, 1.165) is 17.0 Å². The first-order chi connectivity index (χ1) is 18.0. The fourth-order valence-electron chi connectivity index (χ4n) is 3.68. The van der Waals surface area contributed by atoms with Crippen molar-refractivity contribution in [3.05, 3.63) is 117 Å². The summed E-state index contributed by atoms with van der Waals surface area (Å²) in [5.74, 6) is -0.737. The number of phosphoric acid groups is 1. The van der Waals surface area contributed by atoms with Crippen molar-refractivity contribution in [1.82, 2.24) is 14.5 Å². The molecule has 4 aromatic rings. The van der Waals surface area contributed by atoms with Gasteiger partial charge in [0.2, 0.25) is 0 Å². The van der Waals surface area contributed by atoms with Gasteiger partial charge in [-0.3, -0.25) is 19.3 Å². The van der Waals surface area contributed by atoms with E-state index in [0.29, 0.717) is 17.5 Å². The molecule has 0 amide bonds. The number of hydrogen-bond acceptors (Lipinski definition) is 7. The Balaban J connectivity index is 0.000000427. The number of hydrogen-bond donors (Lipinski definition) is 3. The number of pyridine rings is 1. The molecule has 0 fully saturated rings. The summed E-state index contributed by atoms with van der Waals surface area (Å²) in [6.45, 7) is 3.99. The van der Waals surface area contributed by atoms with Gasteiger partial charge in [0, 0.05) is 30.3 Å². The average molecular weight is 560 g/mol. The molecule has 12 heteroatoms. The van der Waals surface area contributed by atoms with E-state index in [2.05, 4.69) is 14.5 Å². The SMILES string of the molecule is COC(c1ccccc1Cc1ccc(OP(=O)(O)O)c(O)c1)n1cc(Cl)cnc1=O.Cc1cccc(C)n1. The van der Waals surface area contributed by atoms with Crippen LogP contribution in [0.4, 0.5) is 0 Å². The third-order valence-electron chi connectivity index (χ3n) is 5.24. The van der Waals surface area contributed by atoms with Gasteiger partial charge in [0.1, 0.15) is 0 Å². The Kier molecular flexibility index (Phi) is 9.79. The van der Waals surface area contributed by atoms with Crippen molar-refractivity contribution in [3.8, 4) is 11.5 Å². The van der Waals surface area contributed by atoms with Crippen LogP contribution in [0.1, 0.15) is 34.3 Å². The smallest absolute Gasteiger partial charge is 0.504 e. The van der Waals surface area contributed by atoms with E-state index in [1.165, 1.54) is 36.2 Å². The van der Waals surface area contributed by atoms with E-state index in [1.54, 1.807) is 18.2 Å². The number of aryl methyl sites for hydroxylation is 2. The molecule has 38 heavy (non-hydrogen) atoms. The second-order valence-corrected chi connectivity index (χ2v) is 9.83. The zero-order valence-corrected chi connectivity index (χ0v) is 22.5. The van der Waals surface area contributed by atoms with Crippen molar-refractivity contribution < 1.29 is 28.7 Å². The molecule has 1 atom stereocenters. The molecule has 0 radical (unpaired) electrons. The number of halogens is 1. The second kappa shape index (κ2) is 12.8. The van der Waals surface area contributed by atoms with Crippen molar-refractivity contribution in [2.24, 2.45) is 0 Å². The van der Waals surface area contributed by atoms with Gasteiger partial charge in [-0.1, -0.05) is 48.0 Å². The highest BCUT2D eigenvalue weighted by Crippen LogP contribution is 2.42. The number of nitrogens with zero attached hydrogens (tertiary/aromatic N) is 3. The van der Waals surface area contributed by atoms with Crippen LogP contribution in [0.5, 0.6) is 11.5 Å². The minimum absolute atomic E-state index is 0.277. The van der Waals surface area contributed by atoms with Crippen LogP contribution < -0.4 is 10.2 Å². The number of aromatic nitrogens is 3. The molecule has 200 valence electrons. The van der Waals surface area contributed by atoms with Gasteiger partial charge in [0.05, 0.1) is 11.2 Å². The minimum atomic E-state index is -4.79. The number of ether oxygens (including phenoxy) is 1. The summed E-state index contributed by atoms with van der Waals surface area (Å²) in [6, 6.07) is 17.4. The summed E-state index contributed by atoms with van der Waals surface area (Å²) < 4.78 is 22.2. The van der Waals surface area contributed by atoms with E-state index in [-0.39, 0.29) is 10.8 Å². The van der Waals surface area contributed by atoms with Crippen molar-refractivity contribution >= 4 is 19.4 Å². The number of phenols is 1. The third-order valence-corrected chi connectivity index (χ3v) is 5.87. The molecule has 2 heterocycles. The van der Waals surface area contributed by atoms with Crippen LogP contribution in [0.2, 0.25) is 5.02 Å². The predicted molar refractivity (Wildman–Crippen MR) is 142 cm³/mol. The Morgan fingerprint density at radius 1 is 1.05 bits per heavy atom. The number of benzene rings is 2. The summed E-state index contributed by atoms with van der Waals surface area (Å²) in [4.78, 5) is 37.9. The van der Waals surface area contributed by atoms with Gasteiger partial charge in [0.15, 0.2) is 17.7 Å². The van der Waals surface area contributed by atoms with Gasteiger partial charge in [-0.05, 0) is 55.7 Å². The number of aromatic hydroxyl groups is 1. The molecule has 1 unspecified atom stereocenters. The lowest BCUT2D eigenvalue weighted by molar-refractivity contribution is 0.0737. The quantitative estimate of drug-likeness (QED) is 0.278. The van der Waals surface area contributed by atoms with Gasteiger partial charge in [-0.25, -0.2) is 9.36 Å². The standard InChI is InChI=1S/C19H18ClN2O7P.C7H9N/c1-28-18(22-11-14(20)10-21-19(22)24)15-5-3-2-4-13(15)8-12-6-7-17(16(23)9-12)29-30(25,26)27;1-6-4-3-5-7(2)8-6/h2-7,9-11,18,23H,8H2,1H3,(H2,25,26,27);3-5H,1-2H3. The molecule has 10 nitrogen and oxygen atoms in total. The van der Waals surface area contributed by atoms with Crippen LogP contribution in [-0.2, 0) is 15.7 Å². The number of phosphoric ester groups is 1. The zero-order chi connectivity index (χ0) is 27.9. The Bertz CT molecular complexity index is 1490. The highest BCUT2D eigenvalue weighted by atomic mass is 35.5. The Labute approximate surface area is 224 Å². The first kappa shape index (κ1) is 29.0. The summed E-state index contributed by atoms with van der Waals surface area (Å²) in [6.07, 6.45) is 2.23. The molecular weight excluding hydrogens is 533 g/mol. The average Bonchev–Trinajstić information content (AvgIpc) is 2.84. The molecule has 0 aliphatic carbocycles. The van der Waals surface area contributed by atoms with Gasteiger partial charge in [-0.15, -0.1) is 0 Å². The number of methoxy groups -OCH3 is 1. The largest absolute Gasteiger partial charge is 0.524 e. The number of rotatable bonds is 7. The van der Waals surface area contributed by atoms with E-state index in [4.69, 9.17) is 26.1 Å². The Morgan fingerprint density at radius 2 is 1.74 bits per heavy atom. The highest BCUT2D eigenvalue weighted by Gasteiger charge is 2.21. The fraction of sp³-hybridized carbons (Fsp3) is 0.192. The summed E-state index contributed by atoms with van der Waals surface area (Å²) in [5.41, 5.74) is 3.76. The summed E-state index contributed by atoms with van der Waals surface area (Å²) >= 11 is 5.98. The minimum Gasteiger partial charge on any atom is -0.504 e. The fourth-order valence-corrected chi connectivity index (χ4v) is 4.24. The van der Waals surface area contributed by atoms with Crippen LogP contribution in [0.25, 0.3) is 0 Å². The molecule has 3 N–H and O–H groups in total. The van der Waals surface area contributed by atoms with Crippen molar-refractivity contribution in [2.45, 2.75) is 26.5 Å². The number of phenolic OH excluding ortho intramolecular Hbond substituents is 1. The lowest BCUT2D eigenvalue weighted by atomic mass is 9.98. The van der Waals surface area contributed by atoms with E-state index in [1.807, 2.05) is 44.2 Å². The third kappa shape index (κ3) is 8.24. The van der Waals surface area contributed by atoms with Gasteiger partial charge in [-0.2, -0.15) is 4.98 Å². The van der Waals surface area contributed by atoms with Crippen LogP contribution in [-0.4, -0.2) is 36.5 Å². The zero-order valence-electron chi connectivity index (χ0n) is 20.9. The molecule has 0 saturated heterocycles. The monoisotopic (exact) mass is 559 g/mol. The van der Waals surface area contributed by atoms with Crippen molar-refractivity contribution in [1.29, 1.82) is 0 Å². The Hall–Kier alpha value is -3.53. The molecular formula is C26H27ClN3O7P. The van der Waals surface area contributed by atoms with E-state index in [9.17, 15) is 14.5 Å². The van der Waals surface area contributed by atoms with E-state index < -0.39 is 25.5 Å². The maximum atomic E-state index is 12.2. The van der Waals surface area contributed by atoms with Gasteiger partial charge < -0.3 is 14.4 Å². The normalized spacial score (nSPS) is 11.8. The van der Waals surface area contributed by atoms with Crippen LogP contribution in [0, 0.1) is 13.8 Å². The Morgan fingerprint density at radius 3 is 2.32 bits per heavy atom. The van der Waals surface area contributed by atoms with Gasteiger partial charge in [0.25, 0.3) is 0 Å². The molecule has 0 aliphatic rings. The second-order valence-electron chi connectivity index (χ2n) is 8.23. The lowest BCUT2D eigenvalue weighted by Crippen LogP contribution is -2.28. The summed E-state index contributed by atoms with van der Waals surface area (Å²) in [5, 5.41) is 10.3. The molecule has 2 aromatic carbocycles. The molecule has 4 rings (SSSR count). The summed E-state index contributed by atoms with van der Waals surface area (Å²) in [7, 11) is -3.34. The first-order valence-corrected chi connectivity index (χ1v) is 13.2. The van der Waals surface area contributed by atoms with Gasteiger partial charge >= 0.3 is 13.5 Å². The van der Waals surface area contributed by atoms with Crippen molar-refractivity contribution in [3.63, 3.8) is 0 Å².